The standard InChI is InChI=1S/C31H43NO9/c1-32-14-28(15-37-2)12-11-18(38-3)30-17-13-29(35)25(41-27(34)16-9-7-6-8-10-16)19(17)31(36,24(33)26(29)40-5)20(23(30)32)21(39-4)22(28)30/h6-10,17-26,33,35-36H,11-15H2,1-5H3/t17?,18?,19?,20?,21?,22?,23?,24?,25?,26?,28-,29+,30-,31+/m0/s1. The van der Waals surface area contributed by atoms with Crippen molar-refractivity contribution in [2.75, 3.05) is 48.6 Å². The minimum atomic E-state index is -1.76. The highest BCUT2D eigenvalue weighted by molar-refractivity contribution is 5.89. The van der Waals surface area contributed by atoms with Gasteiger partial charge in [0, 0.05) is 69.6 Å². The highest BCUT2D eigenvalue weighted by Crippen LogP contribution is 2.80. The predicted octanol–water partition coefficient (Wildman–Crippen LogP) is 0.716. The minimum Gasteiger partial charge on any atom is -0.455 e. The number of rotatable bonds is 7. The summed E-state index contributed by atoms with van der Waals surface area (Å²) in [5, 5.41) is 37.6. The topological polar surface area (TPSA) is 127 Å². The molecular weight excluding hydrogens is 530 g/mol. The number of aliphatic hydroxyl groups is 3. The Morgan fingerprint density at radius 1 is 1.02 bits per heavy atom. The zero-order valence-corrected chi connectivity index (χ0v) is 24.4. The number of carbonyl (C=O) groups excluding carboxylic acids is 1. The van der Waals surface area contributed by atoms with E-state index in [1.165, 1.54) is 7.11 Å². The van der Waals surface area contributed by atoms with Crippen molar-refractivity contribution in [1.29, 1.82) is 0 Å². The average molecular weight is 574 g/mol. The average Bonchev–Trinajstić information content (AvgIpc) is 3.36. The molecule has 10 unspecified atom stereocenters. The van der Waals surface area contributed by atoms with E-state index in [1.54, 1.807) is 45.6 Å². The van der Waals surface area contributed by atoms with Crippen molar-refractivity contribution in [2.45, 2.75) is 67.0 Å². The van der Waals surface area contributed by atoms with Gasteiger partial charge in [-0.25, -0.2) is 4.79 Å². The number of fused-ring (bicyclic) bond motifs is 2. The second-order valence-electron chi connectivity index (χ2n) is 13.6. The first kappa shape index (κ1) is 28.2. The van der Waals surface area contributed by atoms with Crippen molar-refractivity contribution in [3.63, 3.8) is 0 Å². The Balaban J connectivity index is 1.46. The van der Waals surface area contributed by atoms with E-state index in [-0.39, 0.29) is 35.8 Å². The Labute approximate surface area is 240 Å². The lowest BCUT2D eigenvalue weighted by Crippen LogP contribution is -2.79. The first-order valence-corrected chi connectivity index (χ1v) is 14.8. The first-order valence-electron chi connectivity index (χ1n) is 14.8. The van der Waals surface area contributed by atoms with Crippen molar-refractivity contribution in [3.05, 3.63) is 35.9 Å². The van der Waals surface area contributed by atoms with Crippen molar-refractivity contribution < 1.29 is 43.8 Å². The molecule has 7 bridgehead atoms. The minimum absolute atomic E-state index is 0.0644. The molecule has 1 aromatic rings. The third kappa shape index (κ3) is 3.08. The molecule has 6 aliphatic rings. The van der Waals surface area contributed by atoms with Gasteiger partial charge in [0.25, 0.3) is 0 Å². The number of esters is 1. The SMILES string of the molecule is COC[C@@]12CCC(OC)[C@@]34C5C[C@]6(O)C(OC)C(O)[C@@](O)(C5C6OC(=O)c5ccccc5)C(C(OC)C13)C4N(C)C2. The fourth-order valence-corrected chi connectivity index (χ4v) is 11.8. The lowest BCUT2D eigenvalue weighted by Gasteiger charge is -2.69. The number of hydrogen-bond donors (Lipinski definition) is 3. The molecule has 0 radical (unpaired) electrons. The summed E-state index contributed by atoms with van der Waals surface area (Å²) in [5.74, 6) is -2.30. The molecular formula is C31H43NO9. The lowest BCUT2D eigenvalue weighted by molar-refractivity contribution is -0.313. The molecule has 1 heterocycles. The lowest BCUT2D eigenvalue weighted by atomic mass is 9.43. The summed E-state index contributed by atoms with van der Waals surface area (Å²) >= 11 is 0. The number of ether oxygens (including phenoxy) is 5. The van der Waals surface area contributed by atoms with Crippen LogP contribution < -0.4 is 0 Å². The zero-order chi connectivity index (χ0) is 29.1. The second kappa shape index (κ2) is 9.19. The van der Waals surface area contributed by atoms with Crippen molar-refractivity contribution in [2.24, 2.45) is 34.5 Å². The molecule has 3 N–H and O–H groups in total. The molecule has 10 nitrogen and oxygen atoms in total. The molecule has 14 atom stereocenters. The van der Waals surface area contributed by atoms with Crippen LogP contribution in [0, 0.1) is 34.5 Å². The third-order valence-corrected chi connectivity index (χ3v) is 12.5. The van der Waals surface area contributed by atoms with Gasteiger partial charge in [0.15, 0.2) is 0 Å². The van der Waals surface area contributed by atoms with Gasteiger partial charge in [0.05, 0.1) is 24.4 Å². The van der Waals surface area contributed by atoms with E-state index in [4.69, 9.17) is 23.7 Å². The van der Waals surface area contributed by atoms with Crippen LogP contribution in [0.15, 0.2) is 30.3 Å². The van der Waals surface area contributed by atoms with Crippen LogP contribution in [0.5, 0.6) is 0 Å². The van der Waals surface area contributed by atoms with Gasteiger partial charge in [-0.15, -0.1) is 0 Å². The number of hydrogen-bond acceptors (Lipinski definition) is 10. The van der Waals surface area contributed by atoms with Gasteiger partial charge in [0.1, 0.15) is 29.5 Å². The van der Waals surface area contributed by atoms with E-state index in [0.29, 0.717) is 12.2 Å². The maximum Gasteiger partial charge on any atom is 0.338 e. The van der Waals surface area contributed by atoms with Crippen LogP contribution in [0.1, 0.15) is 29.6 Å². The summed E-state index contributed by atoms with van der Waals surface area (Å²) in [6.45, 7) is 1.29. The summed E-state index contributed by atoms with van der Waals surface area (Å²) in [7, 11) is 8.65. The summed E-state index contributed by atoms with van der Waals surface area (Å²) in [6, 6.07) is 8.46. The van der Waals surface area contributed by atoms with Gasteiger partial charge >= 0.3 is 5.97 Å². The van der Waals surface area contributed by atoms with Crippen LogP contribution in [0.4, 0.5) is 0 Å². The summed E-state index contributed by atoms with van der Waals surface area (Å²) in [4.78, 5) is 15.8. The fraction of sp³-hybridized carbons (Fsp3) is 0.774. The smallest absolute Gasteiger partial charge is 0.338 e. The van der Waals surface area contributed by atoms with E-state index in [0.717, 1.165) is 19.4 Å². The van der Waals surface area contributed by atoms with E-state index >= 15 is 0 Å². The third-order valence-electron chi connectivity index (χ3n) is 12.5. The molecule has 5 saturated carbocycles. The van der Waals surface area contributed by atoms with Crippen LogP contribution in [0.3, 0.4) is 0 Å². The maximum atomic E-state index is 13.5. The number of benzene rings is 1. The highest BCUT2D eigenvalue weighted by atomic mass is 16.6. The van der Waals surface area contributed by atoms with E-state index in [1.807, 2.05) is 6.07 Å². The normalized spacial score (nSPS) is 52.9. The molecule has 1 saturated heterocycles. The quantitative estimate of drug-likeness (QED) is 0.402. The molecule has 0 aromatic heterocycles. The molecule has 10 heteroatoms. The van der Waals surface area contributed by atoms with Crippen LogP contribution in [0.25, 0.3) is 0 Å². The van der Waals surface area contributed by atoms with Gasteiger partial charge < -0.3 is 43.9 Å². The van der Waals surface area contributed by atoms with Gasteiger partial charge in [-0.2, -0.15) is 0 Å². The van der Waals surface area contributed by atoms with Crippen molar-refractivity contribution in [1.82, 2.24) is 4.90 Å². The summed E-state index contributed by atoms with van der Waals surface area (Å²) in [6.07, 6.45) is -2.45. The number of likely N-dealkylation sites (tertiary alicyclic amines) is 1. The Hall–Kier alpha value is -1.63. The van der Waals surface area contributed by atoms with Gasteiger partial charge in [0.2, 0.25) is 0 Å². The Kier molecular flexibility index (Phi) is 6.31. The van der Waals surface area contributed by atoms with Gasteiger partial charge in [-0.1, -0.05) is 18.2 Å². The molecule has 1 spiro atoms. The Bertz CT molecular complexity index is 1200. The second-order valence-corrected chi connectivity index (χ2v) is 13.6. The molecule has 5 aliphatic carbocycles. The molecule has 226 valence electrons. The number of aliphatic hydroxyl groups excluding tert-OH is 1. The largest absolute Gasteiger partial charge is 0.455 e. The number of methoxy groups -OCH3 is 4. The Morgan fingerprint density at radius 3 is 2.39 bits per heavy atom. The van der Waals surface area contributed by atoms with E-state index in [9.17, 15) is 20.1 Å². The maximum absolute atomic E-state index is 13.5. The Morgan fingerprint density at radius 2 is 1.76 bits per heavy atom. The summed E-state index contributed by atoms with van der Waals surface area (Å²) in [5.41, 5.74) is -3.95. The predicted molar refractivity (Wildman–Crippen MR) is 145 cm³/mol. The fourth-order valence-electron chi connectivity index (χ4n) is 11.8. The molecule has 6 fully saturated rings. The van der Waals surface area contributed by atoms with Crippen molar-refractivity contribution in [3.8, 4) is 0 Å². The number of carbonyl (C=O) groups is 1. The van der Waals surface area contributed by atoms with Gasteiger partial charge in [-0.3, -0.25) is 0 Å². The highest BCUT2D eigenvalue weighted by Gasteiger charge is 2.90. The van der Waals surface area contributed by atoms with E-state index < -0.39 is 58.8 Å². The molecule has 1 aliphatic heterocycles. The van der Waals surface area contributed by atoms with Crippen LogP contribution in [-0.2, 0) is 23.7 Å². The van der Waals surface area contributed by atoms with Crippen LogP contribution in [-0.4, -0.2) is 123 Å². The molecule has 41 heavy (non-hydrogen) atoms. The number of nitrogens with zero attached hydrogens (tertiary/aromatic N) is 1. The van der Waals surface area contributed by atoms with Crippen LogP contribution in [0.2, 0.25) is 0 Å². The molecule has 7 rings (SSSR count). The van der Waals surface area contributed by atoms with Crippen molar-refractivity contribution >= 4 is 5.97 Å². The zero-order valence-electron chi connectivity index (χ0n) is 24.4. The molecule has 1 aromatic carbocycles. The molecule has 0 amide bonds. The first-order chi connectivity index (χ1) is 19.6. The van der Waals surface area contributed by atoms with Gasteiger partial charge in [-0.05, 0) is 44.4 Å². The van der Waals surface area contributed by atoms with Crippen LogP contribution >= 0.6 is 0 Å². The number of piperidine rings is 1. The monoisotopic (exact) mass is 573 g/mol. The van der Waals surface area contributed by atoms with E-state index in [2.05, 4.69) is 11.9 Å². The summed E-state index contributed by atoms with van der Waals surface area (Å²) < 4.78 is 30.6.